The van der Waals surface area contributed by atoms with Crippen LogP contribution in [0.15, 0.2) is 0 Å². The highest BCUT2D eigenvalue weighted by Gasteiger charge is 2.24. The molecule has 0 saturated carbocycles. The molecule has 0 amide bonds. The van der Waals surface area contributed by atoms with Crippen molar-refractivity contribution in [1.29, 1.82) is 0 Å². The third kappa shape index (κ3) is 3.76. The summed E-state index contributed by atoms with van der Waals surface area (Å²) in [6.07, 6.45) is 6.13. The fraction of sp³-hybridized carbons (Fsp3) is 0.812. The molecule has 2 aliphatic rings. The van der Waals surface area contributed by atoms with Crippen LogP contribution < -0.4 is 10.6 Å². The lowest BCUT2D eigenvalue weighted by Crippen LogP contribution is -2.46. The molecule has 1 aliphatic heterocycles. The van der Waals surface area contributed by atoms with E-state index >= 15 is 0 Å². The van der Waals surface area contributed by atoms with Crippen LogP contribution in [-0.2, 0) is 12.8 Å². The molecular formula is C16H28N4S. The summed E-state index contributed by atoms with van der Waals surface area (Å²) in [6.45, 7) is 8.99. The molecule has 2 heterocycles. The maximum absolute atomic E-state index is 5.57. The molecule has 0 bridgehead atoms. The van der Waals surface area contributed by atoms with Gasteiger partial charge in [-0.1, -0.05) is 6.92 Å². The number of hydrogen-bond donors (Lipinski definition) is 1. The van der Waals surface area contributed by atoms with Crippen molar-refractivity contribution in [3.05, 3.63) is 10.6 Å². The zero-order chi connectivity index (χ0) is 14.7. The zero-order valence-electron chi connectivity index (χ0n) is 13.2. The van der Waals surface area contributed by atoms with Crippen LogP contribution in [0.1, 0.15) is 36.8 Å². The number of thiazole rings is 1. The number of aromatic nitrogens is 1. The molecule has 1 aromatic heterocycles. The molecule has 0 radical (unpaired) electrons. The van der Waals surface area contributed by atoms with Gasteiger partial charge in [-0.05, 0) is 51.1 Å². The number of anilines is 1. The lowest BCUT2D eigenvalue weighted by atomic mass is 9.93. The largest absolute Gasteiger partial charge is 0.346 e. The van der Waals surface area contributed by atoms with E-state index in [9.17, 15) is 0 Å². The Balaban J connectivity index is 1.53. The Bertz CT molecular complexity index is 451. The van der Waals surface area contributed by atoms with E-state index in [1.807, 2.05) is 11.3 Å². The highest BCUT2D eigenvalue weighted by atomic mass is 32.1. The quantitative estimate of drug-likeness (QED) is 0.847. The Hall–Kier alpha value is -0.650. The maximum Gasteiger partial charge on any atom is 0.185 e. The molecule has 1 aromatic rings. The van der Waals surface area contributed by atoms with Gasteiger partial charge >= 0.3 is 0 Å². The summed E-state index contributed by atoms with van der Waals surface area (Å²) in [5.74, 6) is 0.838. The van der Waals surface area contributed by atoms with Crippen LogP contribution >= 0.6 is 11.3 Å². The highest BCUT2D eigenvalue weighted by Crippen LogP contribution is 2.34. The van der Waals surface area contributed by atoms with Crippen molar-refractivity contribution >= 4 is 16.5 Å². The molecule has 1 saturated heterocycles. The van der Waals surface area contributed by atoms with Gasteiger partial charge in [-0.3, -0.25) is 4.90 Å². The van der Waals surface area contributed by atoms with Gasteiger partial charge in [0.1, 0.15) is 0 Å². The number of hydrogen-bond acceptors (Lipinski definition) is 5. The first-order chi connectivity index (χ1) is 10.3. The molecule has 21 heavy (non-hydrogen) atoms. The Morgan fingerprint density at radius 2 is 2.05 bits per heavy atom. The third-order valence-corrected chi connectivity index (χ3v) is 5.93. The van der Waals surface area contributed by atoms with Gasteiger partial charge in [0.2, 0.25) is 0 Å². The van der Waals surface area contributed by atoms with Crippen molar-refractivity contribution < 1.29 is 0 Å². The first-order valence-electron chi connectivity index (χ1n) is 8.42. The molecule has 118 valence electrons. The number of unbranched alkanes of at least 4 members (excludes halogenated alkanes) is 1. The summed E-state index contributed by atoms with van der Waals surface area (Å²) in [7, 11) is 0. The van der Waals surface area contributed by atoms with Gasteiger partial charge in [-0.2, -0.15) is 0 Å². The number of fused-ring (bicyclic) bond motifs is 1. The topological polar surface area (TPSA) is 45.4 Å². The average Bonchev–Trinajstić information content (AvgIpc) is 2.91. The van der Waals surface area contributed by atoms with E-state index in [0.717, 1.165) is 32.0 Å². The Morgan fingerprint density at radius 3 is 2.81 bits per heavy atom. The van der Waals surface area contributed by atoms with Gasteiger partial charge in [0.05, 0.1) is 5.69 Å². The van der Waals surface area contributed by atoms with Crippen molar-refractivity contribution in [3.8, 4) is 0 Å². The summed E-state index contributed by atoms with van der Waals surface area (Å²) in [5.41, 5.74) is 6.95. The van der Waals surface area contributed by atoms with Gasteiger partial charge in [-0.15, -0.1) is 11.3 Å². The Kier molecular flexibility index (Phi) is 5.14. The Labute approximate surface area is 132 Å². The smallest absolute Gasteiger partial charge is 0.185 e. The molecule has 4 nitrogen and oxygen atoms in total. The predicted octanol–water partition coefficient (Wildman–Crippen LogP) is 2.13. The van der Waals surface area contributed by atoms with Crippen LogP contribution in [0.4, 0.5) is 5.13 Å². The van der Waals surface area contributed by atoms with E-state index in [1.165, 1.54) is 56.1 Å². The molecule has 3 rings (SSSR count). The number of nitrogens with two attached hydrogens (primary N) is 1. The van der Waals surface area contributed by atoms with Gasteiger partial charge in [0.25, 0.3) is 0 Å². The van der Waals surface area contributed by atoms with Crippen LogP contribution in [0.2, 0.25) is 0 Å². The number of piperazine rings is 1. The van der Waals surface area contributed by atoms with Gasteiger partial charge < -0.3 is 10.6 Å². The van der Waals surface area contributed by atoms with E-state index < -0.39 is 0 Å². The zero-order valence-corrected chi connectivity index (χ0v) is 14.0. The second-order valence-electron chi connectivity index (χ2n) is 6.54. The maximum atomic E-state index is 5.57. The lowest BCUT2D eigenvalue weighted by Gasteiger charge is -2.34. The highest BCUT2D eigenvalue weighted by molar-refractivity contribution is 7.15. The van der Waals surface area contributed by atoms with Crippen molar-refractivity contribution in [2.24, 2.45) is 11.7 Å². The summed E-state index contributed by atoms with van der Waals surface area (Å²) < 4.78 is 0. The van der Waals surface area contributed by atoms with E-state index in [4.69, 9.17) is 10.7 Å². The fourth-order valence-corrected chi connectivity index (χ4v) is 4.63. The second kappa shape index (κ2) is 7.07. The summed E-state index contributed by atoms with van der Waals surface area (Å²) in [6, 6.07) is 0. The van der Waals surface area contributed by atoms with Crippen LogP contribution in [0, 0.1) is 5.92 Å². The van der Waals surface area contributed by atoms with Crippen molar-refractivity contribution in [3.63, 3.8) is 0 Å². The van der Waals surface area contributed by atoms with Crippen molar-refractivity contribution in [2.75, 3.05) is 44.2 Å². The van der Waals surface area contributed by atoms with Crippen molar-refractivity contribution in [1.82, 2.24) is 9.88 Å². The van der Waals surface area contributed by atoms with Gasteiger partial charge in [0.15, 0.2) is 5.13 Å². The van der Waals surface area contributed by atoms with E-state index in [2.05, 4.69) is 16.7 Å². The standard InChI is InChI=1S/C16H28N4S/c1-13-4-5-14-15(12-13)21-16(18-14)20-10-8-19(9-11-20)7-3-2-6-17/h13H,2-12,17H2,1H3. The first kappa shape index (κ1) is 15.3. The Morgan fingerprint density at radius 1 is 1.24 bits per heavy atom. The third-order valence-electron chi connectivity index (χ3n) is 4.75. The molecule has 1 unspecified atom stereocenters. The molecule has 1 aliphatic carbocycles. The number of aryl methyl sites for hydroxylation is 1. The van der Waals surface area contributed by atoms with Crippen LogP contribution in [-0.4, -0.2) is 49.2 Å². The first-order valence-corrected chi connectivity index (χ1v) is 9.24. The minimum Gasteiger partial charge on any atom is -0.346 e. The van der Waals surface area contributed by atoms with E-state index in [1.54, 1.807) is 4.88 Å². The van der Waals surface area contributed by atoms with E-state index in [0.29, 0.717) is 0 Å². The fourth-order valence-electron chi connectivity index (χ4n) is 3.30. The number of rotatable bonds is 5. The van der Waals surface area contributed by atoms with Crippen molar-refractivity contribution in [2.45, 2.75) is 39.0 Å². The minimum absolute atomic E-state index is 0.822. The molecule has 1 fully saturated rings. The predicted molar refractivity (Wildman–Crippen MR) is 90.2 cm³/mol. The molecule has 1 atom stereocenters. The van der Waals surface area contributed by atoms with Gasteiger partial charge in [-0.25, -0.2) is 4.98 Å². The van der Waals surface area contributed by atoms with Crippen LogP contribution in [0.5, 0.6) is 0 Å². The monoisotopic (exact) mass is 308 g/mol. The van der Waals surface area contributed by atoms with Gasteiger partial charge in [0, 0.05) is 31.1 Å². The molecular weight excluding hydrogens is 280 g/mol. The molecule has 0 aromatic carbocycles. The summed E-state index contributed by atoms with van der Waals surface area (Å²) >= 11 is 1.95. The minimum atomic E-state index is 0.822. The second-order valence-corrected chi connectivity index (χ2v) is 7.60. The van der Waals surface area contributed by atoms with Crippen LogP contribution in [0.3, 0.4) is 0 Å². The van der Waals surface area contributed by atoms with E-state index in [-0.39, 0.29) is 0 Å². The molecule has 0 spiro atoms. The average molecular weight is 308 g/mol. The SMILES string of the molecule is CC1CCc2nc(N3CCN(CCCCN)CC3)sc2C1. The normalized spacial score (nSPS) is 23.3. The lowest BCUT2D eigenvalue weighted by molar-refractivity contribution is 0.253. The molecule has 2 N–H and O–H groups in total. The number of nitrogens with zero attached hydrogens (tertiary/aromatic N) is 3. The molecule has 5 heteroatoms. The summed E-state index contributed by atoms with van der Waals surface area (Å²) in [5, 5.41) is 1.27. The summed E-state index contributed by atoms with van der Waals surface area (Å²) in [4.78, 5) is 11.5. The van der Waals surface area contributed by atoms with Crippen LogP contribution in [0.25, 0.3) is 0 Å².